The average molecular weight is 521 g/mol. The highest BCUT2D eigenvalue weighted by molar-refractivity contribution is 7.98. The maximum atomic E-state index is 6.90. The highest BCUT2D eigenvalue weighted by Gasteiger charge is 2.41. The fourth-order valence-electron chi connectivity index (χ4n) is 5.75. The number of likely N-dealkylation sites (N-methyl/N-ethyl adjacent to an activating group) is 1. The molecule has 5 heteroatoms. The fraction of sp³-hybridized carbons (Fsp3) is 0.419. The topological polar surface area (TPSA) is 15.7 Å². The van der Waals surface area contributed by atoms with Gasteiger partial charge in [-0.1, -0.05) is 41.9 Å². The lowest BCUT2D eigenvalue weighted by Gasteiger charge is -2.41. The van der Waals surface area contributed by atoms with Gasteiger partial charge in [0.15, 0.2) is 0 Å². The zero-order valence-electron chi connectivity index (χ0n) is 21.8. The first-order valence-corrected chi connectivity index (χ1v) is 14.4. The lowest BCUT2D eigenvalue weighted by Crippen LogP contribution is -2.51. The van der Waals surface area contributed by atoms with Crippen LogP contribution in [0.4, 0.5) is 0 Å². The second kappa shape index (κ2) is 11.2. The van der Waals surface area contributed by atoms with Crippen LogP contribution in [0, 0.1) is 13.8 Å². The Labute approximate surface area is 225 Å². The number of benzene rings is 3. The minimum Gasteiger partial charge on any atom is -0.484 e. The molecule has 1 aliphatic heterocycles. The number of piperidine rings is 1. The molecule has 3 atom stereocenters. The number of hydrogen-bond acceptors (Lipinski definition) is 4. The number of likely N-dealkylation sites (tertiary alicyclic amines) is 1. The molecule has 0 radical (unpaired) electrons. The van der Waals surface area contributed by atoms with Crippen LogP contribution >= 0.6 is 23.4 Å². The Morgan fingerprint density at radius 2 is 1.83 bits per heavy atom. The Hall–Kier alpha value is -1.98. The van der Waals surface area contributed by atoms with Crippen LogP contribution < -0.4 is 4.74 Å². The van der Waals surface area contributed by atoms with Crippen LogP contribution in [-0.4, -0.2) is 49.1 Å². The lowest BCUT2D eigenvalue weighted by molar-refractivity contribution is 0.0377. The molecule has 0 N–H and O–H groups in total. The highest BCUT2D eigenvalue weighted by Crippen LogP contribution is 2.42. The van der Waals surface area contributed by atoms with Gasteiger partial charge in [-0.15, -0.1) is 11.8 Å². The summed E-state index contributed by atoms with van der Waals surface area (Å²) in [5.74, 6) is 1.94. The standard InChI is InChI=1S/C31H37ClN2OS/c1-21-15-24(32)17-28-27(21)18-29(34-14-8-11-25(19-34)33(3)4)31(28)35-30-13-12-26(16-22(30)2)36-20-23-9-6-5-7-10-23/h5-7,9-10,12-13,15-17,25,29,31H,8,11,14,18-20H2,1-4H3/t25-,29+,31+/m1/s1. The Balaban J connectivity index is 1.38. The number of aryl methyl sites for hydroxylation is 2. The summed E-state index contributed by atoms with van der Waals surface area (Å²) < 4.78 is 6.90. The third kappa shape index (κ3) is 5.62. The number of thioether (sulfide) groups is 1. The van der Waals surface area contributed by atoms with E-state index in [0.29, 0.717) is 12.1 Å². The van der Waals surface area contributed by atoms with Crippen molar-refractivity contribution in [1.82, 2.24) is 9.80 Å². The van der Waals surface area contributed by atoms with Gasteiger partial charge in [0.1, 0.15) is 11.9 Å². The SMILES string of the molecule is Cc1cc(SCc2ccccc2)ccc1O[C@H]1c2cc(Cl)cc(C)c2C[C@@H]1N1CCC[C@@H](N(C)C)C1. The van der Waals surface area contributed by atoms with Crippen molar-refractivity contribution in [3.8, 4) is 5.75 Å². The van der Waals surface area contributed by atoms with Crippen LogP contribution in [0.5, 0.6) is 5.75 Å². The minimum absolute atomic E-state index is 0.0140. The summed E-state index contributed by atoms with van der Waals surface area (Å²) in [5, 5.41) is 0.801. The van der Waals surface area contributed by atoms with Crippen molar-refractivity contribution in [2.24, 2.45) is 0 Å². The number of ether oxygens (including phenoxy) is 1. The molecule has 5 rings (SSSR count). The number of hydrogen-bond donors (Lipinski definition) is 0. The van der Waals surface area contributed by atoms with Crippen LogP contribution in [-0.2, 0) is 12.2 Å². The fourth-order valence-corrected chi connectivity index (χ4v) is 6.98. The molecule has 0 spiro atoms. The summed E-state index contributed by atoms with van der Waals surface area (Å²) in [6.07, 6.45) is 3.50. The molecule has 1 heterocycles. The van der Waals surface area contributed by atoms with Gasteiger partial charge in [-0.05, 0) is 112 Å². The van der Waals surface area contributed by atoms with Gasteiger partial charge in [0, 0.05) is 28.3 Å². The van der Waals surface area contributed by atoms with Crippen molar-refractivity contribution in [3.05, 3.63) is 93.5 Å². The molecule has 1 fully saturated rings. The Kier molecular flexibility index (Phi) is 7.97. The van der Waals surface area contributed by atoms with Crippen molar-refractivity contribution in [2.45, 2.75) is 61.9 Å². The molecular weight excluding hydrogens is 484 g/mol. The molecule has 0 amide bonds. The Bertz CT molecular complexity index is 1200. The van der Waals surface area contributed by atoms with Crippen molar-refractivity contribution >= 4 is 23.4 Å². The summed E-state index contributed by atoms with van der Waals surface area (Å²) in [4.78, 5) is 6.32. The first kappa shape index (κ1) is 25.7. The summed E-state index contributed by atoms with van der Waals surface area (Å²) in [6.45, 7) is 6.57. The predicted molar refractivity (Wildman–Crippen MR) is 153 cm³/mol. The summed E-state index contributed by atoms with van der Waals surface area (Å²) in [5.41, 5.74) is 6.48. The number of halogens is 1. The van der Waals surface area contributed by atoms with E-state index < -0.39 is 0 Å². The van der Waals surface area contributed by atoms with Gasteiger partial charge in [0.2, 0.25) is 0 Å². The van der Waals surface area contributed by atoms with Gasteiger partial charge in [0.25, 0.3) is 0 Å². The van der Waals surface area contributed by atoms with Crippen LogP contribution in [0.15, 0.2) is 65.6 Å². The van der Waals surface area contributed by atoms with Crippen LogP contribution in [0.1, 0.15) is 46.8 Å². The van der Waals surface area contributed by atoms with E-state index in [9.17, 15) is 0 Å². The van der Waals surface area contributed by atoms with Crippen molar-refractivity contribution in [1.29, 1.82) is 0 Å². The number of nitrogens with zero attached hydrogens (tertiary/aromatic N) is 2. The zero-order chi connectivity index (χ0) is 25.2. The molecular formula is C31H37ClN2OS. The molecule has 0 saturated carbocycles. The first-order valence-electron chi connectivity index (χ1n) is 13.0. The number of rotatable bonds is 7. The maximum absolute atomic E-state index is 6.90. The van der Waals surface area contributed by atoms with Crippen LogP contribution in [0.25, 0.3) is 0 Å². The number of fused-ring (bicyclic) bond motifs is 1. The molecule has 3 aromatic rings. The highest BCUT2D eigenvalue weighted by atomic mass is 35.5. The van der Waals surface area contributed by atoms with E-state index in [2.05, 4.69) is 98.4 Å². The minimum atomic E-state index is -0.0140. The van der Waals surface area contributed by atoms with E-state index in [1.54, 1.807) is 0 Å². The maximum Gasteiger partial charge on any atom is 0.140 e. The summed E-state index contributed by atoms with van der Waals surface area (Å²) in [6, 6.07) is 22.4. The molecule has 1 aliphatic carbocycles. The van der Waals surface area contributed by atoms with Gasteiger partial charge >= 0.3 is 0 Å². The molecule has 0 aromatic heterocycles. The normalized spacial score (nSPS) is 22.1. The molecule has 0 unspecified atom stereocenters. The smallest absolute Gasteiger partial charge is 0.140 e. The van der Waals surface area contributed by atoms with Gasteiger partial charge < -0.3 is 9.64 Å². The van der Waals surface area contributed by atoms with E-state index in [-0.39, 0.29) is 6.10 Å². The Morgan fingerprint density at radius 1 is 1.03 bits per heavy atom. The molecule has 1 saturated heterocycles. The van der Waals surface area contributed by atoms with E-state index >= 15 is 0 Å². The predicted octanol–water partition coefficient (Wildman–Crippen LogP) is 7.32. The van der Waals surface area contributed by atoms with Crippen LogP contribution in [0.3, 0.4) is 0 Å². The Morgan fingerprint density at radius 3 is 2.58 bits per heavy atom. The molecule has 0 bridgehead atoms. The van der Waals surface area contributed by atoms with E-state index in [1.807, 2.05) is 11.8 Å². The molecule has 2 aliphatic rings. The first-order chi connectivity index (χ1) is 17.4. The summed E-state index contributed by atoms with van der Waals surface area (Å²) in [7, 11) is 4.41. The van der Waals surface area contributed by atoms with Crippen molar-refractivity contribution < 1.29 is 4.74 Å². The van der Waals surface area contributed by atoms with Gasteiger partial charge in [-0.2, -0.15) is 0 Å². The molecule has 3 aromatic carbocycles. The van der Waals surface area contributed by atoms with E-state index in [4.69, 9.17) is 16.3 Å². The summed E-state index contributed by atoms with van der Waals surface area (Å²) >= 11 is 8.43. The average Bonchev–Trinajstić information content (AvgIpc) is 3.23. The molecule has 190 valence electrons. The van der Waals surface area contributed by atoms with E-state index in [1.165, 1.54) is 45.6 Å². The largest absolute Gasteiger partial charge is 0.484 e. The van der Waals surface area contributed by atoms with Gasteiger partial charge in [-0.25, -0.2) is 0 Å². The lowest BCUT2D eigenvalue weighted by atomic mass is 10.0. The third-order valence-electron chi connectivity index (χ3n) is 7.82. The second-order valence-electron chi connectivity index (χ2n) is 10.6. The monoisotopic (exact) mass is 520 g/mol. The van der Waals surface area contributed by atoms with E-state index in [0.717, 1.165) is 36.0 Å². The van der Waals surface area contributed by atoms with Gasteiger partial charge in [0.05, 0.1) is 6.04 Å². The quantitative estimate of drug-likeness (QED) is 0.303. The molecule has 36 heavy (non-hydrogen) atoms. The molecule has 3 nitrogen and oxygen atoms in total. The third-order valence-corrected chi connectivity index (χ3v) is 9.10. The van der Waals surface area contributed by atoms with Crippen LogP contribution in [0.2, 0.25) is 5.02 Å². The van der Waals surface area contributed by atoms with Gasteiger partial charge in [-0.3, -0.25) is 4.90 Å². The van der Waals surface area contributed by atoms with Crippen molar-refractivity contribution in [2.75, 3.05) is 27.2 Å². The zero-order valence-corrected chi connectivity index (χ0v) is 23.4. The second-order valence-corrected chi connectivity index (χ2v) is 12.0. The van der Waals surface area contributed by atoms with Crippen molar-refractivity contribution in [3.63, 3.8) is 0 Å².